The van der Waals surface area contributed by atoms with Crippen LogP contribution in [-0.2, 0) is 19.1 Å². The van der Waals surface area contributed by atoms with Gasteiger partial charge in [-0.15, -0.1) is 11.8 Å². The van der Waals surface area contributed by atoms with E-state index in [-0.39, 0.29) is 76.1 Å². The topological polar surface area (TPSA) is 129 Å². The first-order valence-corrected chi connectivity index (χ1v) is 15.6. The molecule has 4 fully saturated rings. The molecule has 1 aromatic carbocycles. The highest BCUT2D eigenvalue weighted by Gasteiger charge is 2.69. The number of amides is 3. The number of hydrogen-bond acceptors (Lipinski definition) is 9. The molecule has 7 unspecified atom stereocenters. The molecule has 40 heavy (non-hydrogen) atoms. The Kier molecular flexibility index (Phi) is 6.47. The minimum Gasteiger partial charge on any atom is -0.504 e. The van der Waals surface area contributed by atoms with E-state index in [1.165, 1.54) is 16.2 Å². The average Bonchev–Trinajstić information content (AvgIpc) is 3.68. The number of carbonyl (C=O) groups is 3. The molecular weight excluding hydrogens is 554 g/mol. The zero-order chi connectivity index (χ0) is 27.7. The Morgan fingerprint density at radius 2 is 1.90 bits per heavy atom. The summed E-state index contributed by atoms with van der Waals surface area (Å²) < 4.78 is 11.0. The van der Waals surface area contributed by atoms with E-state index in [2.05, 4.69) is 4.98 Å². The molecule has 12 heteroatoms. The molecule has 7 atom stereocenters. The molecule has 2 bridgehead atoms. The van der Waals surface area contributed by atoms with Gasteiger partial charge in [0.2, 0.25) is 17.7 Å². The van der Waals surface area contributed by atoms with E-state index >= 15 is 0 Å². The van der Waals surface area contributed by atoms with Crippen molar-refractivity contribution >= 4 is 40.8 Å². The third kappa shape index (κ3) is 3.93. The molecule has 2 N–H and O–H groups in total. The highest BCUT2D eigenvalue weighted by Crippen LogP contribution is 2.68. The van der Waals surface area contributed by atoms with E-state index in [0.717, 1.165) is 21.9 Å². The number of thiazole rings is 1. The first-order chi connectivity index (χ1) is 19.4. The Morgan fingerprint density at radius 1 is 1.15 bits per heavy atom. The predicted octanol–water partition coefficient (Wildman–Crippen LogP) is 2.26. The lowest BCUT2D eigenvalue weighted by atomic mass is 9.68. The molecule has 10 nitrogen and oxygen atoms in total. The molecule has 3 amide bonds. The van der Waals surface area contributed by atoms with Crippen LogP contribution in [-0.4, -0.2) is 82.3 Å². The van der Waals surface area contributed by atoms with Crippen LogP contribution >= 0.6 is 23.1 Å². The summed E-state index contributed by atoms with van der Waals surface area (Å²) in [6.07, 6.45) is 0.921. The van der Waals surface area contributed by atoms with Crippen molar-refractivity contribution in [1.29, 1.82) is 0 Å². The van der Waals surface area contributed by atoms with E-state index in [9.17, 15) is 24.3 Å². The number of H-pyrrole nitrogens is 1. The van der Waals surface area contributed by atoms with Gasteiger partial charge in [-0.2, -0.15) is 0 Å². The summed E-state index contributed by atoms with van der Waals surface area (Å²) in [6.45, 7) is 4.45. The zero-order valence-corrected chi connectivity index (χ0v) is 23.7. The fraction of sp³-hybridized carbons (Fsp3) is 0.571. The van der Waals surface area contributed by atoms with Crippen LogP contribution in [0.2, 0.25) is 0 Å². The van der Waals surface area contributed by atoms with Gasteiger partial charge in [0.25, 0.3) is 0 Å². The molecule has 4 heterocycles. The number of morpholine rings is 1. The standard InChI is InChI=1S/C28H31N3O7S2/c1-2-38-17-11-13(3-4-16(17)32)19-20-14-12-15(23(20)39-25-24(19)40-28(36)29-25)22-21(14)26(34)31(27(22)35)6-5-18(33)30-7-9-37-10-8-30/h3-4,11,14-15,19-23,32H,2,5-10,12H2,1H3,(H,29,36). The van der Waals surface area contributed by atoms with Gasteiger partial charge in [-0.3, -0.25) is 24.1 Å². The van der Waals surface area contributed by atoms with Gasteiger partial charge in [0.15, 0.2) is 11.5 Å². The van der Waals surface area contributed by atoms with Crippen molar-refractivity contribution in [3.05, 3.63) is 38.3 Å². The summed E-state index contributed by atoms with van der Waals surface area (Å²) in [6, 6.07) is 5.34. The highest BCUT2D eigenvalue weighted by molar-refractivity contribution is 8.00. The summed E-state index contributed by atoms with van der Waals surface area (Å²) >= 11 is 2.83. The number of rotatable bonds is 6. The van der Waals surface area contributed by atoms with E-state index in [1.54, 1.807) is 22.7 Å². The maximum atomic E-state index is 13.8. The fourth-order valence-electron chi connectivity index (χ4n) is 7.85. The van der Waals surface area contributed by atoms with Crippen LogP contribution in [0.25, 0.3) is 0 Å². The highest BCUT2D eigenvalue weighted by atomic mass is 32.2. The van der Waals surface area contributed by atoms with Crippen LogP contribution in [0, 0.1) is 29.6 Å². The molecule has 2 saturated carbocycles. The maximum Gasteiger partial charge on any atom is 0.305 e. The van der Waals surface area contributed by atoms with Crippen LogP contribution in [0.4, 0.5) is 0 Å². The van der Waals surface area contributed by atoms with Gasteiger partial charge in [-0.05, 0) is 48.8 Å². The molecule has 212 valence electrons. The van der Waals surface area contributed by atoms with Gasteiger partial charge in [-0.1, -0.05) is 17.4 Å². The second kappa shape index (κ2) is 9.92. The SMILES string of the molecule is CCOc1cc(C2c3sc(=O)[nH]c3SC3C4CC(C5C(=O)N(CCC(=O)N6CCOCC6)C(=O)C45)C23)ccc1O. The molecule has 5 aliphatic rings. The van der Waals surface area contributed by atoms with Crippen LogP contribution in [0.5, 0.6) is 11.5 Å². The number of benzene rings is 1. The maximum absolute atomic E-state index is 13.8. The molecule has 0 radical (unpaired) electrons. The summed E-state index contributed by atoms with van der Waals surface area (Å²) in [5, 5.41) is 11.3. The summed E-state index contributed by atoms with van der Waals surface area (Å²) in [4.78, 5) is 59.6. The van der Waals surface area contributed by atoms with Gasteiger partial charge in [0.05, 0.1) is 36.7 Å². The second-order valence-electron chi connectivity index (χ2n) is 11.2. The number of hydrogen-bond donors (Lipinski definition) is 2. The third-order valence-electron chi connectivity index (χ3n) is 9.37. The van der Waals surface area contributed by atoms with Crippen molar-refractivity contribution in [3.63, 3.8) is 0 Å². The molecule has 2 aromatic rings. The van der Waals surface area contributed by atoms with Crippen molar-refractivity contribution in [2.75, 3.05) is 39.5 Å². The first kappa shape index (κ1) is 26.1. The second-order valence-corrected chi connectivity index (χ2v) is 13.4. The quantitative estimate of drug-likeness (QED) is 0.494. The minimum absolute atomic E-state index is 0.0106. The molecular formula is C28H31N3O7S2. The Balaban J connectivity index is 1.19. The van der Waals surface area contributed by atoms with Crippen molar-refractivity contribution in [3.8, 4) is 11.5 Å². The zero-order valence-electron chi connectivity index (χ0n) is 22.0. The van der Waals surface area contributed by atoms with Crippen LogP contribution < -0.4 is 9.61 Å². The number of carbonyl (C=O) groups excluding carboxylic acids is 3. The van der Waals surface area contributed by atoms with E-state index in [1.807, 2.05) is 19.1 Å². The molecule has 1 aromatic heterocycles. The summed E-state index contributed by atoms with van der Waals surface area (Å²) in [5.74, 6) is -0.787. The van der Waals surface area contributed by atoms with Crippen molar-refractivity contribution in [1.82, 2.24) is 14.8 Å². The minimum atomic E-state index is -0.402. The number of aromatic nitrogens is 1. The Morgan fingerprint density at radius 3 is 2.65 bits per heavy atom. The van der Waals surface area contributed by atoms with E-state index in [0.29, 0.717) is 38.7 Å². The average molecular weight is 586 g/mol. The van der Waals surface area contributed by atoms with Crippen molar-refractivity contribution in [2.24, 2.45) is 29.6 Å². The number of nitrogens with zero attached hydrogens (tertiary/aromatic N) is 2. The smallest absolute Gasteiger partial charge is 0.305 e. The Labute approximate surface area is 239 Å². The fourth-order valence-corrected chi connectivity index (χ4v) is 10.7. The first-order valence-electron chi connectivity index (χ1n) is 13.9. The molecule has 2 saturated heterocycles. The van der Waals surface area contributed by atoms with E-state index in [4.69, 9.17) is 9.47 Å². The number of imide groups is 1. The monoisotopic (exact) mass is 585 g/mol. The number of thioether (sulfide) groups is 1. The largest absolute Gasteiger partial charge is 0.504 e. The normalized spacial score (nSPS) is 32.3. The molecule has 3 aliphatic heterocycles. The Hall–Kier alpha value is -2.83. The number of nitrogens with one attached hydrogen (secondary N) is 1. The number of aromatic amines is 1. The molecule has 0 spiro atoms. The van der Waals surface area contributed by atoms with Gasteiger partial charge >= 0.3 is 4.87 Å². The van der Waals surface area contributed by atoms with Crippen LogP contribution in [0.1, 0.15) is 36.1 Å². The number of likely N-dealkylation sites (tertiary alicyclic amines) is 1. The van der Waals surface area contributed by atoms with Crippen LogP contribution in [0.3, 0.4) is 0 Å². The van der Waals surface area contributed by atoms with Gasteiger partial charge in [0, 0.05) is 42.1 Å². The summed E-state index contributed by atoms with van der Waals surface area (Å²) in [7, 11) is 0. The summed E-state index contributed by atoms with van der Waals surface area (Å²) in [5.41, 5.74) is 0.932. The number of aromatic hydroxyl groups is 1. The van der Waals surface area contributed by atoms with Gasteiger partial charge < -0.3 is 24.5 Å². The molecule has 7 rings (SSSR count). The number of phenols is 1. The lowest BCUT2D eigenvalue weighted by molar-refractivity contribution is -0.142. The molecule has 2 aliphatic carbocycles. The third-order valence-corrected chi connectivity index (χ3v) is 12.0. The number of phenolic OH excluding ortho intramolecular Hbond substituents is 1. The Bertz CT molecular complexity index is 1430. The van der Waals surface area contributed by atoms with Gasteiger partial charge in [0.1, 0.15) is 0 Å². The van der Waals surface area contributed by atoms with Crippen molar-refractivity contribution in [2.45, 2.75) is 36.0 Å². The van der Waals surface area contributed by atoms with Crippen LogP contribution in [0.15, 0.2) is 28.0 Å². The predicted molar refractivity (Wildman–Crippen MR) is 147 cm³/mol. The lowest BCUT2D eigenvalue weighted by Crippen LogP contribution is -2.43. The lowest BCUT2D eigenvalue weighted by Gasteiger charge is -2.43. The van der Waals surface area contributed by atoms with Gasteiger partial charge in [-0.25, -0.2) is 0 Å². The number of fused-ring (bicyclic) bond motifs is 9. The van der Waals surface area contributed by atoms with Crippen molar-refractivity contribution < 1.29 is 29.0 Å². The van der Waals surface area contributed by atoms with E-state index < -0.39 is 5.92 Å². The number of ether oxygens (including phenoxy) is 2.